The summed E-state index contributed by atoms with van der Waals surface area (Å²) in [7, 11) is -2.14. The Morgan fingerprint density at radius 2 is 1.78 bits per heavy atom. The second-order valence-corrected chi connectivity index (χ2v) is 10.4. The van der Waals surface area contributed by atoms with E-state index in [1.807, 2.05) is 19.1 Å². The fourth-order valence-electron chi connectivity index (χ4n) is 3.91. The Balaban J connectivity index is 1.69. The lowest BCUT2D eigenvalue weighted by Crippen LogP contribution is -2.44. The van der Waals surface area contributed by atoms with E-state index in [1.54, 1.807) is 31.0 Å². The molecule has 3 rings (SSSR count). The van der Waals surface area contributed by atoms with Crippen molar-refractivity contribution in [3.05, 3.63) is 68.7 Å². The van der Waals surface area contributed by atoms with E-state index in [4.69, 9.17) is 11.6 Å². The number of sulfonamides is 1. The molecule has 1 saturated heterocycles. The van der Waals surface area contributed by atoms with Gasteiger partial charge in [-0.2, -0.15) is 4.31 Å². The fraction of sp³-hybridized carbons (Fsp3) is 0.409. The molecular weight excluding hydrogens is 454 g/mol. The number of non-ortho nitro benzene ring substituents is 1. The maximum Gasteiger partial charge on any atom is 0.270 e. The van der Waals surface area contributed by atoms with Gasteiger partial charge in [-0.3, -0.25) is 14.9 Å². The molecule has 172 valence electrons. The monoisotopic (exact) mass is 479 g/mol. The van der Waals surface area contributed by atoms with Crippen molar-refractivity contribution in [3.63, 3.8) is 0 Å². The number of carbonyl (C=O) groups is 1. The Labute approximate surface area is 193 Å². The van der Waals surface area contributed by atoms with E-state index in [2.05, 4.69) is 0 Å². The number of nitrogens with zero attached hydrogens (tertiary/aromatic N) is 3. The van der Waals surface area contributed by atoms with Crippen molar-refractivity contribution in [1.29, 1.82) is 0 Å². The van der Waals surface area contributed by atoms with E-state index < -0.39 is 14.9 Å². The Morgan fingerprint density at radius 3 is 2.34 bits per heavy atom. The minimum atomic E-state index is -3.89. The molecule has 0 saturated carbocycles. The van der Waals surface area contributed by atoms with Crippen molar-refractivity contribution in [1.82, 2.24) is 9.21 Å². The first-order valence-corrected chi connectivity index (χ1v) is 12.1. The number of nitro benzene ring substituents is 1. The summed E-state index contributed by atoms with van der Waals surface area (Å²) in [6, 6.07) is 11.0. The molecule has 1 amide bonds. The predicted octanol–water partition coefficient (Wildman–Crippen LogP) is 4.18. The summed E-state index contributed by atoms with van der Waals surface area (Å²) < 4.78 is 27.5. The summed E-state index contributed by atoms with van der Waals surface area (Å²) in [5.74, 6) is -0.316. The summed E-state index contributed by atoms with van der Waals surface area (Å²) >= 11 is 5.94. The van der Waals surface area contributed by atoms with Crippen molar-refractivity contribution in [3.8, 4) is 0 Å². The number of hydrogen-bond acceptors (Lipinski definition) is 5. The van der Waals surface area contributed by atoms with Crippen LogP contribution in [-0.4, -0.2) is 48.6 Å². The van der Waals surface area contributed by atoms with Gasteiger partial charge in [0.05, 0.1) is 15.9 Å². The van der Waals surface area contributed by atoms with Crippen molar-refractivity contribution in [2.24, 2.45) is 5.92 Å². The molecule has 0 bridgehead atoms. The van der Waals surface area contributed by atoms with Crippen LogP contribution in [-0.2, 0) is 14.8 Å². The van der Waals surface area contributed by atoms with Crippen molar-refractivity contribution in [2.45, 2.75) is 37.6 Å². The molecule has 32 heavy (non-hydrogen) atoms. The van der Waals surface area contributed by atoms with Gasteiger partial charge >= 0.3 is 0 Å². The molecule has 1 atom stereocenters. The zero-order chi connectivity index (χ0) is 23.6. The normalized spacial score (nSPS) is 16.5. The summed E-state index contributed by atoms with van der Waals surface area (Å²) in [4.78, 5) is 25.1. The number of hydrogen-bond donors (Lipinski definition) is 0. The highest BCUT2D eigenvalue weighted by Gasteiger charge is 2.35. The van der Waals surface area contributed by atoms with Gasteiger partial charge in [-0.1, -0.05) is 29.8 Å². The van der Waals surface area contributed by atoms with Crippen LogP contribution in [0.15, 0.2) is 47.4 Å². The van der Waals surface area contributed by atoms with Crippen LogP contribution in [0.25, 0.3) is 0 Å². The molecule has 0 spiro atoms. The maximum atomic E-state index is 13.1. The van der Waals surface area contributed by atoms with E-state index in [0.29, 0.717) is 23.4 Å². The molecule has 10 heteroatoms. The lowest BCUT2D eigenvalue weighted by Gasteiger charge is -2.34. The molecule has 1 aliphatic rings. The molecule has 1 heterocycles. The quantitative estimate of drug-likeness (QED) is 0.457. The molecule has 0 radical (unpaired) electrons. The third-order valence-corrected chi connectivity index (χ3v) is 8.38. The van der Waals surface area contributed by atoms with E-state index in [9.17, 15) is 23.3 Å². The number of carbonyl (C=O) groups excluding carboxylic acids is 1. The molecule has 1 unspecified atom stereocenters. The summed E-state index contributed by atoms with van der Waals surface area (Å²) in [5.41, 5.74) is 1.15. The van der Waals surface area contributed by atoms with Crippen LogP contribution in [0, 0.1) is 23.0 Å². The Morgan fingerprint density at radius 1 is 1.19 bits per heavy atom. The molecule has 8 nitrogen and oxygen atoms in total. The van der Waals surface area contributed by atoms with E-state index in [0.717, 1.165) is 11.6 Å². The van der Waals surface area contributed by atoms with Gasteiger partial charge in [-0.05, 0) is 49.9 Å². The van der Waals surface area contributed by atoms with Gasteiger partial charge in [0.15, 0.2) is 0 Å². The SMILES string of the molecule is Cc1ccc([N+](=O)[O-])cc1S(=O)(=O)N1CCC(C(=O)N(C)C(C)c2ccc(Cl)cc2)CC1. The third kappa shape index (κ3) is 4.95. The number of halogens is 1. The number of nitro groups is 1. The van der Waals surface area contributed by atoms with E-state index in [1.165, 1.54) is 16.4 Å². The number of piperidine rings is 1. The molecule has 0 aromatic heterocycles. The largest absolute Gasteiger partial charge is 0.339 e. The van der Waals surface area contributed by atoms with Crippen molar-refractivity contribution >= 4 is 33.2 Å². The average molecular weight is 480 g/mol. The van der Waals surface area contributed by atoms with Gasteiger partial charge in [-0.15, -0.1) is 0 Å². The molecular formula is C22H26ClN3O5S. The van der Waals surface area contributed by atoms with Crippen LogP contribution in [0.3, 0.4) is 0 Å². The molecule has 1 aliphatic heterocycles. The first-order valence-electron chi connectivity index (χ1n) is 10.3. The number of aryl methyl sites for hydroxylation is 1. The molecule has 2 aromatic rings. The molecule has 0 N–H and O–H groups in total. The Hall–Kier alpha value is -2.49. The van der Waals surface area contributed by atoms with Crippen molar-refractivity contribution < 1.29 is 18.1 Å². The van der Waals surface area contributed by atoms with Crippen LogP contribution in [0.1, 0.15) is 36.9 Å². The minimum Gasteiger partial charge on any atom is -0.339 e. The number of amides is 1. The lowest BCUT2D eigenvalue weighted by molar-refractivity contribution is -0.385. The Kier molecular flexibility index (Phi) is 7.22. The first-order chi connectivity index (χ1) is 15.0. The van der Waals surface area contributed by atoms with Crippen LogP contribution >= 0.6 is 11.6 Å². The Bertz CT molecular complexity index is 1110. The average Bonchev–Trinajstić information content (AvgIpc) is 2.78. The maximum absolute atomic E-state index is 13.1. The standard InChI is InChI=1S/C22H26ClN3O5S/c1-15-4-9-20(26(28)29)14-21(15)32(30,31)25-12-10-18(11-13-25)22(27)24(3)16(2)17-5-7-19(23)8-6-17/h4-9,14,16,18H,10-13H2,1-3H3. The second kappa shape index (κ2) is 9.56. The van der Waals surface area contributed by atoms with Crippen LogP contribution in [0.5, 0.6) is 0 Å². The van der Waals surface area contributed by atoms with E-state index >= 15 is 0 Å². The highest BCUT2D eigenvalue weighted by Crippen LogP contribution is 2.30. The number of rotatable bonds is 6. The van der Waals surface area contributed by atoms with Gasteiger partial charge in [0.1, 0.15) is 0 Å². The number of benzene rings is 2. The molecule has 2 aromatic carbocycles. The van der Waals surface area contributed by atoms with Gasteiger partial charge < -0.3 is 4.90 Å². The zero-order valence-corrected chi connectivity index (χ0v) is 19.8. The first kappa shape index (κ1) is 24.2. The summed E-state index contributed by atoms with van der Waals surface area (Å²) in [6.07, 6.45) is 0.785. The second-order valence-electron chi connectivity index (χ2n) is 8.06. The highest BCUT2D eigenvalue weighted by molar-refractivity contribution is 7.89. The topological polar surface area (TPSA) is 101 Å². The van der Waals surface area contributed by atoms with Crippen molar-refractivity contribution in [2.75, 3.05) is 20.1 Å². The summed E-state index contributed by atoms with van der Waals surface area (Å²) in [6.45, 7) is 3.92. The summed E-state index contributed by atoms with van der Waals surface area (Å²) in [5, 5.41) is 11.7. The molecule has 1 fully saturated rings. The van der Waals surface area contributed by atoms with Gasteiger partial charge in [0.2, 0.25) is 15.9 Å². The van der Waals surface area contributed by atoms with Crippen LogP contribution in [0.2, 0.25) is 5.02 Å². The van der Waals surface area contributed by atoms with Crippen LogP contribution < -0.4 is 0 Å². The highest BCUT2D eigenvalue weighted by atomic mass is 35.5. The van der Waals surface area contributed by atoms with Gasteiger partial charge in [0.25, 0.3) is 5.69 Å². The van der Waals surface area contributed by atoms with Gasteiger partial charge in [0, 0.05) is 43.2 Å². The zero-order valence-electron chi connectivity index (χ0n) is 18.2. The predicted molar refractivity (Wildman–Crippen MR) is 122 cm³/mol. The third-order valence-electron chi connectivity index (χ3n) is 6.08. The molecule has 0 aliphatic carbocycles. The lowest BCUT2D eigenvalue weighted by atomic mass is 9.95. The smallest absolute Gasteiger partial charge is 0.270 e. The fourth-order valence-corrected chi connectivity index (χ4v) is 5.75. The minimum absolute atomic E-state index is 0.0315. The van der Waals surface area contributed by atoms with E-state index in [-0.39, 0.29) is 41.5 Å². The van der Waals surface area contributed by atoms with Crippen LogP contribution in [0.4, 0.5) is 5.69 Å². The van der Waals surface area contributed by atoms with Gasteiger partial charge in [-0.25, -0.2) is 8.42 Å².